The zero-order valence-corrected chi connectivity index (χ0v) is 15.1. The number of carbonyl (C=O) groups is 2. The van der Waals surface area contributed by atoms with Crippen LogP contribution in [0, 0.1) is 0 Å². The van der Waals surface area contributed by atoms with E-state index in [1.54, 1.807) is 35.2 Å². The van der Waals surface area contributed by atoms with Crippen molar-refractivity contribution < 1.29 is 19.8 Å². The first-order valence-electron chi connectivity index (χ1n) is 9.12. The van der Waals surface area contributed by atoms with Gasteiger partial charge in [-0.15, -0.1) is 0 Å². The van der Waals surface area contributed by atoms with Crippen LogP contribution in [0.4, 0.5) is 0 Å². The van der Waals surface area contributed by atoms with Gasteiger partial charge in [-0.3, -0.25) is 9.59 Å². The largest absolute Gasteiger partial charge is 0.508 e. The highest BCUT2D eigenvalue weighted by Crippen LogP contribution is 2.27. The third kappa shape index (κ3) is 4.28. The molecule has 0 bridgehead atoms. The van der Waals surface area contributed by atoms with Crippen LogP contribution in [0.15, 0.2) is 42.5 Å². The number of aromatic hydroxyl groups is 1. The number of rotatable bonds is 5. The van der Waals surface area contributed by atoms with Crippen LogP contribution >= 0.6 is 0 Å². The first kappa shape index (κ1) is 18.9. The van der Waals surface area contributed by atoms with Crippen molar-refractivity contribution >= 4 is 11.8 Å². The number of carbonyl (C=O) groups excluding carboxylic acids is 2. The molecule has 0 aromatic heterocycles. The second-order valence-electron chi connectivity index (χ2n) is 6.90. The van der Waals surface area contributed by atoms with Crippen molar-refractivity contribution in [2.24, 2.45) is 5.73 Å². The lowest BCUT2D eigenvalue weighted by Crippen LogP contribution is -2.45. The summed E-state index contributed by atoms with van der Waals surface area (Å²) in [5.41, 5.74) is 8.08. The van der Waals surface area contributed by atoms with E-state index in [-0.39, 0.29) is 36.6 Å². The molecule has 1 saturated heterocycles. The van der Waals surface area contributed by atoms with Gasteiger partial charge in [-0.05, 0) is 54.7 Å². The fourth-order valence-electron chi connectivity index (χ4n) is 3.58. The molecule has 2 aromatic rings. The van der Waals surface area contributed by atoms with Gasteiger partial charge in [0.1, 0.15) is 5.75 Å². The highest BCUT2D eigenvalue weighted by atomic mass is 16.3. The molecule has 0 spiro atoms. The summed E-state index contributed by atoms with van der Waals surface area (Å²) in [5, 5.41) is 19.0. The number of amides is 2. The number of benzene rings is 2. The molecule has 0 aliphatic carbocycles. The molecule has 142 valence electrons. The number of piperidine rings is 1. The number of aliphatic hydroxyl groups is 1. The molecule has 1 atom stereocenters. The van der Waals surface area contributed by atoms with Crippen LogP contribution in [0.25, 0.3) is 11.1 Å². The second kappa shape index (κ2) is 8.22. The van der Waals surface area contributed by atoms with Crippen molar-refractivity contribution in [3.05, 3.63) is 53.6 Å². The molecule has 2 aromatic carbocycles. The van der Waals surface area contributed by atoms with E-state index in [0.29, 0.717) is 17.7 Å². The maximum atomic E-state index is 12.9. The zero-order chi connectivity index (χ0) is 19.4. The molecule has 0 unspecified atom stereocenters. The van der Waals surface area contributed by atoms with Crippen LogP contribution in [0.1, 0.15) is 41.6 Å². The van der Waals surface area contributed by atoms with Gasteiger partial charge in [0.25, 0.3) is 5.91 Å². The van der Waals surface area contributed by atoms with Crippen molar-refractivity contribution in [3.8, 4) is 16.9 Å². The first-order chi connectivity index (χ1) is 13.0. The van der Waals surface area contributed by atoms with E-state index in [1.165, 1.54) is 0 Å². The molecule has 2 amide bonds. The van der Waals surface area contributed by atoms with E-state index in [9.17, 15) is 19.8 Å². The predicted molar refractivity (Wildman–Crippen MR) is 102 cm³/mol. The zero-order valence-electron chi connectivity index (χ0n) is 15.1. The van der Waals surface area contributed by atoms with E-state index >= 15 is 0 Å². The van der Waals surface area contributed by atoms with Gasteiger partial charge in [0.2, 0.25) is 5.91 Å². The van der Waals surface area contributed by atoms with Gasteiger partial charge in [-0.2, -0.15) is 0 Å². The maximum absolute atomic E-state index is 12.9. The van der Waals surface area contributed by atoms with Gasteiger partial charge in [-0.1, -0.05) is 18.2 Å². The Hall–Kier alpha value is -2.86. The van der Waals surface area contributed by atoms with Gasteiger partial charge in [0, 0.05) is 30.1 Å². The summed E-state index contributed by atoms with van der Waals surface area (Å²) >= 11 is 0. The molecule has 4 N–H and O–H groups in total. The molecular formula is C21H24N2O4. The van der Waals surface area contributed by atoms with Crippen LogP contribution in [0.2, 0.25) is 0 Å². The quantitative estimate of drug-likeness (QED) is 0.754. The van der Waals surface area contributed by atoms with Crippen LogP contribution in [-0.4, -0.2) is 39.5 Å². The Labute approximate surface area is 158 Å². The van der Waals surface area contributed by atoms with Crippen LogP contribution < -0.4 is 5.73 Å². The Kier molecular flexibility index (Phi) is 5.76. The average Bonchev–Trinajstić information content (AvgIpc) is 2.68. The summed E-state index contributed by atoms with van der Waals surface area (Å²) in [4.78, 5) is 25.9. The minimum atomic E-state index is -0.387. The molecule has 0 saturated carbocycles. The maximum Gasteiger partial charge on any atom is 0.254 e. The monoisotopic (exact) mass is 368 g/mol. The SMILES string of the molecule is NC(=O)C[C@@H]1CCCCN1C(=O)c1ccc(-c2ccc(O)c(CO)c2)cc1. The fraction of sp³-hybridized carbons (Fsp3) is 0.333. The lowest BCUT2D eigenvalue weighted by atomic mass is 9.97. The third-order valence-electron chi connectivity index (χ3n) is 5.04. The summed E-state index contributed by atoms with van der Waals surface area (Å²) < 4.78 is 0. The summed E-state index contributed by atoms with van der Waals surface area (Å²) in [6, 6.07) is 12.1. The van der Waals surface area contributed by atoms with E-state index in [1.807, 2.05) is 12.1 Å². The number of primary amides is 1. The Morgan fingerprint density at radius 1 is 1.07 bits per heavy atom. The number of hydrogen-bond donors (Lipinski definition) is 3. The van der Waals surface area contributed by atoms with E-state index in [2.05, 4.69) is 0 Å². The van der Waals surface area contributed by atoms with Crippen LogP contribution in [0.5, 0.6) is 5.75 Å². The van der Waals surface area contributed by atoms with Crippen LogP contribution in [0.3, 0.4) is 0 Å². The Balaban J connectivity index is 1.80. The summed E-state index contributed by atoms with van der Waals surface area (Å²) in [6.07, 6.45) is 2.91. The van der Waals surface area contributed by atoms with E-state index in [4.69, 9.17) is 5.73 Å². The molecule has 1 fully saturated rings. The Bertz CT molecular complexity index is 833. The van der Waals surface area contributed by atoms with Crippen molar-refractivity contribution in [2.45, 2.75) is 38.3 Å². The smallest absolute Gasteiger partial charge is 0.254 e. The third-order valence-corrected chi connectivity index (χ3v) is 5.04. The van der Waals surface area contributed by atoms with Gasteiger partial charge < -0.3 is 20.8 Å². The molecule has 1 aliphatic heterocycles. The molecule has 0 radical (unpaired) electrons. The number of phenols is 1. The van der Waals surface area contributed by atoms with Gasteiger partial charge in [0.05, 0.1) is 6.61 Å². The van der Waals surface area contributed by atoms with Crippen molar-refractivity contribution in [1.29, 1.82) is 0 Å². The predicted octanol–water partition coefficient (Wildman–Crippen LogP) is 2.42. The molecule has 3 rings (SSSR count). The molecule has 6 heteroatoms. The molecule has 6 nitrogen and oxygen atoms in total. The van der Waals surface area contributed by atoms with Crippen LogP contribution in [-0.2, 0) is 11.4 Å². The first-order valence-corrected chi connectivity index (χ1v) is 9.12. The lowest BCUT2D eigenvalue weighted by Gasteiger charge is -2.35. The Morgan fingerprint density at radius 3 is 2.44 bits per heavy atom. The minimum absolute atomic E-state index is 0.0543. The Morgan fingerprint density at radius 2 is 1.78 bits per heavy atom. The number of nitrogens with two attached hydrogens (primary N) is 1. The van der Waals surface area contributed by atoms with Gasteiger partial charge in [-0.25, -0.2) is 0 Å². The number of hydrogen-bond acceptors (Lipinski definition) is 4. The second-order valence-corrected chi connectivity index (χ2v) is 6.90. The molecule has 1 heterocycles. The summed E-state index contributed by atoms with van der Waals surface area (Å²) in [6.45, 7) is 0.392. The summed E-state index contributed by atoms with van der Waals surface area (Å²) in [7, 11) is 0. The minimum Gasteiger partial charge on any atom is -0.508 e. The van der Waals surface area contributed by atoms with Crippen molar-refractivity contribution in [3.63, 3.8) is 0 Å². The number of likely N-dealkylation sites (tertiary alicyclic amines) is 1. The average molecular weight is 368 g/mol. The topological polar surface area (TPSA) is 104 Å². The van der Waals surface area contributed by atoms with Crippen molar-refractivity contribution in [1.82, 2.24) is 4.90 Å². The summed E-state index contributed by atoms with van der Waals surface area (Å²) in [5.74, 6) is -0.421. The van der Waals surface area contributed by atoms with Crippen molar-refractivity contribution in [2.75, 3.05) is 6.54 Å². The lowest BCUT2D eigenvalue weighted by molar-refractivity contribution is -0.119. The normalized spacial score (nSPS) is 16.9. The molecule has 1 aliphatic rings. The standard InChI is InChI=1S/C21H24N2O4/c22-20(26)12-18-3-1-2-10-23(18)21(27)15-6-4-14(5-7-15)16-8-9-19(25)17(11-16)13-24/h4-9,11,18,24-25H,1-3,10,12-13H2,(H2,22,26)/t18-/m0/s1. The van der Waals surface area contributed by atoms with Gasteiger partial charge >= 0.3 is 0 Å². The molecule has 27 heavy (non-hydrogen) atoms. The number of nitrogens with zero attached hydrogens (tertiary/aromatic N) is 1. The highest BCUT2D eigenvalue weighted by molar-refractivity contribution is 5.95. The van der Waals surface area contributed by atoms with Gasteiger partial charge in [0.15, 0.2) is 0 Å². The number of aliphatic hydroxyl groups excluding tert-OH is 1. The fourth-order valence-corrected chi connectivity index (χ4v) is 3.58. The highest BCUT2D eigenvalue weighted by Gasteiger charge is 2.28. The van der Waals surface area contributed by atoms with E-state index in [0.717, 1.165) is 30.4 Å². The van der Waals surface area contributed by atoms with E-state index < -0.39 is 0 Å². The molecular weight excluding hydrogens is 344 g/mol.